The first-order valence-electron chi connectivity index (χ1n) is 8.94. The highest BCUT2D eigenvalue weighted by molar-refractivity contribution is 5.87. The van der Waals surface area contributed by atoms with Gasteiger partial charge in [0.1, 0.15) is 0 Å². The van der Waals surface area contributed by atoms with Gasteiger partial charge in [-0.2, -0.15) is 0 Å². The van der Waals surface area contributed by atoms with Crippen LogP contribution in [0.4, 0.5) is 0 Å². The zero-order valence-electron chi connectivity index (χ0n) is 14.6. The number of pyridine rings is 1. The topological polar surface area (TPSA) is 46.9 Å². The van der Waals surface area contributed by atoms with Gasteiger partial charge in [-0.15, -0.1) is 0 Å². The summed E-state index contributed by atoms with van der Waals surface area (Å²) in [6, 6.07) is 20.4. The van der Waals surface area contributed by atoms with E-state index in [-0.39, 0.29) is 5.91 Å². The Hall–Kier alpha value is -3.14. The van der Waals surface area contributed by atoms with Gasteiger partial charge in [-0.25, -0.2) is 0 Å². The molecule has 0 aliphatic heterocycles. The van der Waals surface area contributed by atoms with Crippen LogP contribution in [0, 0.1) is 0 Å². The minimum atomic E-state index is 0.0421. The normalized spacial score (nSPS) is 11.1. The van der Waals surface area contributed by atoms with Crippen LogP contribution in [0.3, 0.4) is 0 Å². The van der Waals surface area contributed by atoms with Crippen LogP contribution in [0.15, 0.2) is 73.1 Å². The van der Waals surface area contributed by atoms with Crippen molar-refractivity contribution in [2.24, 2.45) is 0 Å². The molecule has 0 radical (unpaired) electrons. The highest BCUT2D eigenvalue weighted by Crippen LogP contribution is 2.17. The zero-order valence-corrected chi connectivity index (χ0v) is 14.6. The first kappa shape index (κ1) is 16.3. The first-order chi connectivity index (χ1) is 12.8. The summed E-state index contributed by atoms with van der Waals surface area (Å²) in [5, 5.41) is 5.34. The van der Waals surface area contributed by atoms with Crippen LogP contribution in [0.2, 0.25) is 0 Å². The second-order valence-corrected chi connectivity index (χ2v) is 6.44. The highest BCUT2D eigenvalue weighted by atomic mass is 16.1. The van der Waals surface area contributed by atoms with Crippen molar-refractivity contribution in [1.29, 1.82) is 0 Å². The average Bonchev–Trinajstić information content (AvgIpc) is 3.09. The molecule has 4 heteroatoms. The summed E-state index contributed by atoms with van der Waals surface area (Å²) in [5.41, 5.74) is 3.11. The quantitative estimate of drug-likeness (QED) is 0.539. The molecule has 2 heterocycles. The van der Waals surface area contributed by atoms with E-state index in [9.17, 15) is 4.79 Å². The lowest BCUT2D eigenvalue weighted by molar-refractivity contribution is -0.120. The number of benzene rings is 2. The van der Waals surface area contributed by atoms with Gasteiger partial charge in [0.2, 0.25) is 5.91 Å². The Bertz CT molecular complexity index is 1050. The Morgan fingerprint density at radius 2 is 1.81 bits per heavy atom. The summed E-state index contributed by atoms with van der Waals surface area (Å²) in [4.78, 5) is 16.7. The average molecular weight is 343 g/mol. The van der Waals surface area contributed by atoms with E-state index in [2.05, 4.69) is 51.4 Å². The lowest BCUT2D eigenvalue weighted by atomic mass is 10.1. The van der Waals surface area contributed by atoms with Gasteiger partial charge in [-0.3, -0.25) is 9.78 Å². The van der Waals surface area contributed by atoms with Gasteiger partial charge in [-0.1, -0.05) is 42.5 Å². The van der Waals surface area contributed by atoms with Gasteiger partial charge in [-0.05, 0) is 35.6 Å². The Balaban J connectivity index is 1.31. The predicted octanol–water partition coefficient (Wildman–Crippen LogP) is 3.94. The number of aromatic nitrogens is 2. The molecule has 0 bridgehead atoms. The Kier molecular flexibility index (Phi) is 4.65. The van der Waals surface area contributed by atoms with Crippen molar-refractivity contribution < 1.29 is 4.79 Å². The van der Waals surface area contributed by atoms with E-state index in [1.807, 2.05) is 30.3 Å². The molecule has 2 aromatic heterocycles. The van der Waals surface area contributed by atoms with Crippen molar-refractivity contribution >= 4 is 27.7 Å². The number of fused-ring (bicyclic) bond motifs is 2. The molecule has 0 fully saturated rings. The lowest BCUT2D eigenvalue weighted by Gasteiger charge is -2.08. The molecule has 4 nitrogen and oxygen atoms in total. The molecule has 4 aromatic rings. The summed E-state index contributed by atoms with van der Waals surface area (Å²) in [6.45, 7) is 1.56. The molecule has 0 saturated heterocycles. The molecule has 1 amide bonds. The van der Waals surface area contributed by atoms with Crippen molar-refractivity contribution in [1.82, 2.24) is 14.9 Å². The van der Waals surface area contributed by atoms with Gasteiger partial charge in [0, 0.05) is 36.4 Å². The minimum absolute atomic E-state index is 0.0421. The van der Waals surface area contributed by atoms with E-state index >= 15 is 0 Å². The SMILES string of the molecule is O=C(Cc1cccc2cccnc12)NCCCn1ccc2ccccc21. The monoisotopic (exact) mass is 343 g/mol. The molecule has 1 N–H and O–H groups in total. The molecule has 26 heavy (non-hydrogen) atoms. The molecule has 0 unspecified atom stereocenters. The summed E-state index contributed by atoms with van der Waals surface area (Å²) >= 11 is 0. The maximum atomic E-state index is 12.3. The van der Waals surface area contributed by atoms with Gasteiger partial charge in [0.15, 0.2) is 0 Å². The van der Waals surface area contributed by atoms with E-state index in [1.165, 1.54) is 10.9 Å². The maximum absolute atomic E-state index is 12.3. The molecule has 0 saturated carbocycles. The van der Waals surface area contributed by atoms with Crippen LogP contribution in [0.5, 0.6) is 0 Å². The predicted molar refractivity (Wildman–Crippen MR) is 105 cm³/mol. The number of hydrogen-bond acceptors (Lipinski definition) is 2. The second-order valence-electron chi connectivity index (χ2n) is 6.44. The third-order valence-corrected chi connectivity index (χ3v) is 4.65. The first-order valence-corrected chi connectivity index (χ1v) is 8.94. The van der Waals surface area contributed by atoms with Crippen LogP contribution < -0.4 is 5.32 Å². The number of amides is 1. The van der Waals surface area contributed by atoms with E-state index in [1.54, 1.807) is 6.20 Å². The van der Waals surface area contributed by atoms with E-state index in [4.69, 9.17) is 0 Å². The number of rotatable bonds is 6. The Labute approximate surface area is 152 Å². The van der Waals surface area contributed by atoms with Crippen molar-refractivity contribution in [2.45, 2.75) is 19.4 Å². The van der Waals surface area contributed by atoms with Gasteiger partial charge in [0.05, 0.1) is 11.9 Å². The van der Waals surface area contributed by atoms with Crippen molar-refractivity contribution in [2.75, 3.05) is 6.54 Å². The molecule has 2 aromatic carbocycles. The van der Waals surface area contributed by atoms with Crippen LogP contribution in [-0.2, 0) is 17.8 Å². The number of hydrogen-bond donors (Lipinski definition) is 1. The summed E-state index contributed by atoms with van der Waals surface area (Å²) in [7, 11) is 0. The molecule has 4 rings (SSSR count). The molecular formula is C22H21N3O. The lowest BCUT2D eigenvalue weighted by Crippen LogP contribution is -2.26. The molecular weight excluding hydrogens is 322 g/mol. The molecule has 0 atom stereocenters. The van der Waals surface area contributed by atoms with Crippen LogP contribution in [0.1, 0.15) is 12.0 Å². The van der Waals surface area contributed by atoms with E-state index < -0.39 is 0 Å². The fourth-order valence-corrected chi connectivity index (χ4v) is 3.36. The molecule has 0 aliphatic rings. The second kappa shape index (κ2) is 7.40. The standard InChI is InChI=1S/C22H21N3O/c26-21(16-19-8-3-7-18-9-4-12-24-22(18)19)23-13-5-14-25-15-11-17-6-1-2-10-20(17)25/h1-4,6-12,15H,5,13-14,16H2,(H,23,26). The zero-order chi connectivity index (χ0) is 17.8. The van der Waals surface area contributed by atoms with Crippen molar-refractivity contribution in [3.8, 4) is 0 Å². The van der Waals surface area contributed by atoms with E-state index in [0.29, 0.717) is 13.0 Å². The number of para-hydroxylation sites is 2. The fraction of sp³-hybridized carbons (Fsp3) is 0.182. The Morgan fingerprint density at radius 3 is 2.77 bits per heavy atom. The van der Waals surface area contributed by atoms with Crippen LogP contribution in [0.25, 0.3) is 21.8 Å². The molecule has 0 spiro atoms. The largest absolute Gasteiger partial charge is 0.356 e. The Morgan fingerprint density at radius 1 is 0.962 bits per heavy atom. The molecule has 130 valence electrons. The molecule has 0 aliphatic carbocycles. The summed E-state index contributed by atoms with van der Waals surface area (Å²) < 4.78 is 2.23. The number of aryl methyl sites for hydroxylation is 1. The number of carbonyl (C=O) groups excluding carboxylic acids is 1. The summed E-state index contributed by atoms with van der Waals surface area (Å²) in [5.74, 6) is 0.0421. The van der Waals surface area contributed by atoms with Gasteiger partial charge in [0.25, 0.3) is 0 Å². The van der Waals surface area contributed by atoms with Crippen LogP contribution >= 0.6 is 0 Å². The van der Waals surface area contributed by atoms with Crippen molar-refractivity contribution in [3.63, 3.8) is 0 Å². The van der Waals surface area contributed by atoms with Crippen LogP contribution in [-0.4, -0.2) is 22.0 Å². The number of carbonyl (C=O) groups is 1. The van der Waals surface area contributed by atoms with Gasteiger partial charge < -0.3 is 9.88 Å². The number of nitrogens with one attached hydrogen (secondary N) is 1. The van der Waals surface area contributed by atoms with Gasteiger partial charge >= 0.3 is 0 Å². The number of nitrogens with zero attached hydrogens (tertiary/aromatic N) is 2. The smallest absolute Gasteiger partial charge is 0.224 e. The minimum Gasteiger partial charge on any atom is -0.356 e. The third kappa shape index (κ3) is 3.45. The van der Waals surface area contributed by atoms with Crippen molar-refractivity contribution in [3.05, 3.63) is 78.6 Å². The maximum Gasteiger partial charge on any atom is 0.224 e. The summed E-state index contributed by atoms with van der Waals surface area (Å²) in [6.07, 6.45) is 5.14. The highest BCUT2D eigenvalue weighted by Gasteiger charge is 2.07. The third-order valence-electron chi connectivity index (χ3n) is 4.65. The van der Waals surface area contributed by atoms with E-state index in [0.717, 1.165) is 29.4 Å². The fourth-order valence-electron chi connectivity index (χ4n) is 3.36.